The Bertz CT molecular complexity index is 481. The van der Waals surface area contributed by atoms with E-state index in [0.717, 1.165) is 37.1 Å². The third-order valence-electron chi connectivity index (χ3n) is 4.54. The molecule has 0 bridgehead atoms. The molecule has 2 atom stereocenters. The molecule has 1 amide bonds. The van der Waals surface area contributed by atoms with Gasteiger partial charge in [-0.2, -0.15) is 0 Å². The molecule has 18 heavy (non-hydrogen) atoms. The van der Waals surface area contributed by atoms with E-state index in [4.69, 9.17) is 0 Å². The number of aliphatic hydroxyl groups excluding tert-OH is 1. The Morgan fingerprint density at radius 1 is 1.50 bits per heavy atom. The lowest BCUT2D eigenvalue weighted by molar-refractivity contribution is 0.0750. The van der Waals surface area contributed by atoms with E-state index >= 15 is 0 Å². The lowest BCUT2D eigenvalue weighted by atomic mass is 10.0. The summed E-state index contributed by atoms with van der Waals surface area (Å²) >= 11 is 0. The molecule has 2 aliphatic rings. The van der Waals surface area contributed by atoms with Gasteiger partial charge < -0.3 is 10.0 Å². The van der Waals surface area contributed by atoms with Crippen molar-refractivity contribution in [3.63, 3.8) is 0 Å². The number of aryl methyl sites for hydroxylation is 1. The van der Waals surface area contributed by atoms with Crippen molar-refractivity contribution in [3.8, 4) is 0 Å². The highest BCUT2D eigenvalue weighted by atomic mass is 16.3. The number of rotatable bonds is 3. The van der Waals surface area contributed by atoms with E-state index in [1.165, 1.54) is 0 Å². The van der Waals surface area contributed by atoms with Crippen LogP contribution in [0.4, 0.5) is 0 Å². The first-order valence-corrected chi connectivity index (χ1v) is 6.68. The summed E-state index contributed by atoms with van der Waals surface area (Å²) in [5, 5.41) is 9.40. The Kier molecular flexibility index (Phi) is 2.67. The van der Waals surface area contributed by atoms with Gasteiger partial charge in [-0.1, -0.05) is 25.1 Å². The van der Waals surface area contributed by atoms with Crippen LogP contribution in [0.25, 0.3) is 0 Å². The van der Waals surface area contributed by atoms with E-state index in [-0.39, 0.29) is 17.9 Å². The van der Waals surface area contributed by atoms with E-state index in [0.29, 0.717) is 5.92 Å². The molecule has 96 valence electrons. The number of hydrogen-bond donors (Lipinski definition) is 1. The minimum absolute atomic E-state index is 0.0385. The van der Waals surface area contributed by atoms with Crippen LogP contribution in [0.5, 0.6) is 0 Å². The second-order valence-electron chi connectivity index (χ2n) is 5.62. The number of nitrogens with zero attached hydrogens (tertiary/aromatic N) is 1. The summed E-state index contributed by atoms with van der Waals surface area (Å²) < 4.78 is 0. The maximum atomic E-state index is 12.5. The minimum Gasteiger partial charge on any atom is -0.396 e. The molecule has 1 aliphatic carbocycles. The predicted molar refractivity (Wildman–Crippen MR) is 69.3 cm³/mol. The molecule has 3 nitrogen and oxygen atoms in total. The quantitative estimate of drug-likeness (QED) is 0.880. The number of carbonyl (C=O) groups excluding carboxylic acids is 1. The smallest absolute Gasteiger partial charge is 0.254 e. The zero-order valence-corrected chi connectivity index (χ0v) is 10.7. The highest BCUT2D eigenvalue weighted by Gasteiger charge is 2.60. The SMILES string of the molecule is CCc1ccccc1C(=O)N1C[C@H]2C[C@@]2(CO)C1. The van der Waals surface area contributed by atoms with Crippen LogP contribution in [0, 0.1) is 11.3 Å². The molecule has 0 unspecified atom stereocenters. The Balaban J connectivity index is 1.80. The van der Waals surface area contributed by atoms with Crippen molar-refractivity contribution < 1.29 is 9.90 Å². The molecule has 0 spiro atoms. The summed E-state index contributed by atoms with van der Waals surface area (Å²) in [5.41, 5.74) is 1.98. The topological polar surface area (TPSA) is 40.5 Å². The van der Waals surface area contributed by atoms with Crippen molar-refractivity contribution in [1.82, 2.24) is 4.90 Å². The molecule has 2 fully saturated rings. The first-order chi connectivity index (χ1) is 8.70. The summed E-state index contributed by atoms with van der Waals surface area (Å²) in [5.74, 6) is 0.660. The zero-order valence-electron chi connectivity index (χ0n) is 10.7. The summed E-state index contributed by atoms with van der Waals surface area (Å²) in [4.78, 5) is 14.4. The molecule has 0 aromatic heterocycles. The van der Waals surface area contributed by atoms with Gasteiger partial charge in [0.25, 0.3) is 5.91 Å². The van der Waals surface area contributed by atoms with Gasteiger partial charge in [0.2, 0.25) is 0 Å². The third kappa shape index (κ3) is 1.65. The summed E-state index contributed by atoms with van der Waals surface area (Å²) in [6, 6.07) is 7.83. The highest BCUT2D eigenvalue weighted by molar-refractivity contribution is 5.96. The number of hydrogen-bond acceptors (Lipinski definition) is 2. The fourth-order valence-corrected chi connectivity index (χ4v) is 3.20. The van der Waals surface area contributed by atoms with Crippen molar-refractivity contribution in [1.29, 1.82) is 0 Å². The van der Waals surface area contributed by atoms with Crippen molar-refractivity contribution in [2.45, 2.75) is 19.8 Å². The van der Waals surface area contributed by atoms with Gasteiger partial charge in [0, 0.05) is 24.1 Å². The molecule has 1 aliphatic heterocycles. The van der Waals surface area contributed by atoms with Gasteiger partial charge in [0.15, 0.2) is 0 Å². The molecular weight excluding hydrogens is 226 g/mol. The number of amides is 1. The lowest BCUT2D eigenvalue weighted by Gasteiger charge is -2.21. The van der Waals surface area contributed by atoms with Crippen LogP contribution in [0.1, 0.15) is 29.3 Å². The number of piperidine rings is 1. The lowest BCUT2D eigenvalue weighted by Crippen LogP contribution is -2.33. The molecule has 1 aromatic carbocycles. The average Bonchev–Trinajstić information content (AvgIpc) is 2.99. The van der Waals surface area contributed by atoms with E-state index in [1.807, 2.05) is 29.2 Å². The summed E-state index contributed by atoms with van der Waals surface area (Å²) in [6.45, 7) is 3.84. The fourth-order valence-electron chi connectivity index (χ4n) is 3.20. The molecule has 1 saturated heterocycles. The van der Waals surface area contributed by atoms with E-state index in [9.17, 15) is 9.90 Å². The molecule has 1 saturated carbocycles. The van der Waals surface area contributed by atoms with Gasteiger partial charge in [-0.15, -0.1) is 0 Å². The van der Waals surface area contributed by atoms with Gasteiger partial charge in [0.05, 0.1) is 6.61 Å². The van der Waals surface area contributed by atoms with Crippen molar-refractivity contribution in [2.24, 2.45) is 11.3 Å². The Hall–Kier alpha value is -1.35. The fraction of sp³-hybridized carbons (Fsp3) is 0.533. The number of carbonyl (C=O) groups is 1. The standard InChI is InChI=1S/C15H19NO2/c1-2-11-5-3-4-6-13(11)14(18)16-8-12-7-15(12,9-16)10-17/h3-6,12,17H,2,7-10H2,1H3/t12-,15+/m1/s1. The molecule has 1 aromatic rings. The minimum atomic E-state index is 0.0385. The molecule has 0 radical (unpaired) electrons. The van der Waals surface area contributed by atoms with Crippen LogP contribution in [0.15, 0.2) is 24.3 Å². The third-order valence-corrected chi connectivity index (χ3v) is 4.54. The second-order valence-corrected chi connectivity index (χ2v) is 5.62. The predicted octanol–water partition coefficient (Wildman–Crippen LogP) is 1.70. The Morgan fingerprint density at radius 2 is 2.28 bits per heavy atom. The molecule has 1 heterocycles. The van der Waals surface area contributed by atoms with Crippen LogP contribution in [-0.2, 0) is 6.42 Å². The highest BCUT2D eigenvalue weighted by Crippen LogP contribution is 2.57. The zero-order chi connectivity index (χ0) is 12.8. The van der Waals surface area contributed by atoms with E-state index < -0.39 is 0 Å². The summed E-state index contributed by atoms with van der Waals surface area (Å²) in [6.07, 6.45) is 1.97. The van der Waals surface area contributed by atoms with Gasteiger partial charge in [-0.25, -0.2) is 0 Å². The molecule has 1 N–H and O–H groups in total. The maximum absolute atomic E-state index is 12.5. The van der Waals surface area contributed by atoms with E-state index in [2.05, 4.69) is 6.92 Å². The number of benzene rings is 1. The normalized spacial score (nSPS) is 29.2. The maximum Gasteiger partial charge on any atom is 0.254 e. The molecular formula is C15H19NO2. The van der Waals surface area contributed by atoms with Gasteiger partial charge in [-0.05, 0) is 30.4 Å². The van der Waals surface area contributed by atoms with Crippen LogP contribution in [0.2, 0.25) is 0 Å². The van der Waals surface area contributed by atoms with Crippen LogP contribution in [0.3, 0.4) is 0 Å². The average molecular weight is 245 g/mol. The molecule has 3 heteroatoms. The van der Waals surface area contributed by atoms with Crippen molar-refractivity contribution in [2.75, 3.05) is 19.7 Å². The number of likely N-dealkylation sites (tertiary alicyclic amines) is 1. The number of fused-ring (bicyclic) bond motifs is 1. The van der Waals surface area contributed by atoms with Gasteiger partial charge >= 0.3 is 0 Å². The first kappa shape index (κ1) is 11.7. The van der Waals surface area contributed by atoms with Crippen LogP contribution < -0.4 is 0 Å². The Labute approximate surface area is 107 Å². The second kappa shape index (κ2) is 4.09. The largest absolute Gasteiger partial charge is 0.396 e. The number of aliphatic hydroxyl groups is 1. The van der Waals surface area contributed by atoms with Crippen LogP contribution >= 0.6 is 0 Å². The van der Waals surface area contributed by atoms with Gasteiger partial charge in [0.1, 0.15) is 0 Å². The monoisotopic (exact) mass is 245 g/mol. The van der Waals surface area contributed by atoms with Crippen molar-refractivity contribution in [3.05, 3.63) is 35.4 Å². The van der Waals surface area contributed by atoms with E-state index in [1.54, 1.807) is 0 Å². The Morgan fingerprint density at radius 3 is 2.94 bits per heavy atom. The van der Waals surface area contributed by atoms with Gasteiger partial charge in [-0.3, -0.25) is 4.79 Å². The molecule has 3 rings (SSSR count). The first-order valence-electron chi connectivity index (χ1n) is 6.68. The summed E-state index contributed by atoms with van der Waals surface area (Å²) in [7, 11) is 0. The van der Waals surface area contributed by atoms with Crippen molar-refractivity contribution >= 4 is 5.91 Å². The van der Waals surface area contributed by atoms with Crippen LogP contribution in [-0.4, -0.2) is 35.6 Å².